The van der Waals surface area contributed by atoms with E-state index in [0.29, 0.717) is 5.02 Å². The van der Waals surface area contributed by atoms with Gasteiger partial charge in [0, 0.05) is 10.0 Å². The summed E-state index contributed by atoms with van der Waals surface area (Å²) in [6, 6.07) is 9.77. The first-order valence-electron chi connectivity index (χ1n) is 6.00. The van der Waals surface area contributed by atoms with Gasteiger partial charge in [0.25, 0.3) is 15.9 Å². The number of benzene rings is 2. The van der Waals surface area contributed by atoms with Crippen LogP contribution in [0, 0.1) is 0 Å². The number of sulfonamides is 1. The third kappa shape index (κ3) is 3.71. The Morgan fingerprint density at radius 1 is 1.05 bits per heavy atom. The van der Waals surface area contributed by atoms with Crippen molar-refractivity contribution in [3.8, 4) is 5.75 Å². The average molecular weight is 360 g/mol. The van der Waals surface area contributed by atoms with Crippen molar-refractivity contribution in [2.24, 2.45) is 0 Å². The van der Waals surface area contributed by atoms with E-state index in [1.807, 2.05) is 4.72 Å². The first-order chi connectivity index (χ1) is 10.3. The van der Waals surface area contributed by atoms with Crippen LogP contribution in [0.15, 0.2) is 47.4 Å². The van der Waals surface area contributed by atoms with Crippen LogP contribution in [0.3, 0.4) is 0 Å². The van der Waals surface area contributed by atoms with Gasteiger partial charge in [-0.05, 0) is 42.5 Å². The molecule has 8 heteroatoms. The van der Waals surface area contributed by atoms with E-state index in [-0.39, 0.29) is 21.2 Å². The number of halogens is 2. The van der Waals surface area contributed by atoms with Gasteiger partial charge in [-0.1, -0.05) is 23.2 Å². The number of rotatable bonds is 4. The summed E-state index contributed by atoms with van der Waals surface area (Å²) in [5, 5.41) is 0.677. The largest absolute Gasteiger partial charge is 0.496 e. The lowest BCUT2D eigenvalue weighted by molar-refractivity contribution is 0.0978. The second-order valence-corrected chi connectivity index (χ2v) is 6.79. The summed E-state index contributed by atoms with van der Waals surface area (Å²) in [6.07, 6.45) is 0. The fourth-order valence-corrected chi connectivity index (χ4v) is 2.97. The zero-order chi connectivity index (χ0) is 16.3. The Hall–Kier alpha value is -1.76. The zero-order valence-corrected chi connectivity index (χ0v) is 13.7. The van der Waals surface area contributed by atoms with Gasteiger partial charge in [0.1, 0.15) is 5.75 Å². The van der Waals surface area contributed by atoms with E-state index in [0.717, 1.165) is 0 Å². The molecule has 0 aliphatic rings. The quantitative estimate of drug-likeness (QED) is 0.909. The van der Waals surface area contributed by atoms with Crippen LogP contribution in [0.25, 0.3) is 0 Å². The highest BCUT2D eigenvalue weighted by Crippen LogP contribution is 2.23. The Bertz CT molecular complexity index is 804. The molecule has 22 heavy (non-hydrogen) atoms. The Morgan fingerprint density at radius 2 is 1.64 bits per heavy atom. The molecule has 0 heterocycles. The third-order valence-corrected chi connectivity index (χ3v) is 4.59. The number of carbonyl (C=O) groups excluding carboxylic acids is 1. The first kappa shape index (κ1) is 16.6. The molecular formula is C14H11Cl2NO4S. The molecule has 0 spiro atoms. The lowest BCUT2D eigenvalue weighted by Crippen LogP contribution is -2.30. The smallest absolute Gasteiger partial charge is 0.268 e. The van der Waals surface area contributed by atoms with Gasteiger partial charge in [-0.25, -0.2) is 13.1 Å². The summed E-state index contributed by atoms with van der Waals surface area (Å²) in [4.78, 5) is 12.1. The summed E-state index contributed by atoms with van der Waals surface area (Å²) in [5.74, 6) is -0.623. The van der Waals surface area contributed by atoms with Crippen molar-refractivity contribution in [3.63, 3.8) is 0 Å². The highest BCUT2D eigenvalue weighted by Gasteiger charge is 2.21. The van der Waals surface area contributed by atoms with Crippen molar-refractivity contribution in [1.82, 2.24) is 4.72 Å². The Morgan fingerprint density at radius 3 is 2.23 bits per heavy atom. The molecule has 116 valence electrons. The van der Waals surface area contributed by atoms with Crippen LogP contribution in [-0.4, -0.2) is 21.4 Å². The van der Waals surface area contributed by atoms with Crippen molar-refractivity contribution in [2.45, 2.75) is 4.90 Å². The normalized spacial score (nSPS) is 11.0. The molecule has 0 atom stereocenters. The highest BCUT2D eigenvalue weighted by atomic mass is 35.5. The molecule has 2 aromatic carbocycles. The number of carbonyl (C=O) groups is 1. The summed E-state index contributed by atoms with van der Waals surface area (Å²) < 4.78 is 31.3. The average Bonchev–Trinajstić information content (AvgIpc) is 2.47. The molecule has 0 fully saturated rings. The number of hydrogen-bond acceptors (Lipinski definition) is 4. The van der Waals surface area contributed by atoms with Crippen LogP contribution in [0.4, 0.5) is 0 Å². The molecular weight excluding hydrogens is 349 g/mol. The van der Waals surface area contributed by atoms with Crippen molar-refractivity contribution < 1.29 is 17.9 Å². The van der Waals surface area contributed by atoms with Gasteiger partial charge in [-0.15, -0.1) is 0 Å². The van der Waals surface area contributed by atoms with Gasteiger partial charge in [-0.2, -0.15) is 0 Å². The maximum absolute atomic E-state index is 12.2. The number of amides is 1. The minimum atomic E-state index is -4.02. The van der Waals surface area contributed by atoms with Gasteiger partial charge >= 0.3 is 0 Å². The number of ether oxygens (including phenoxy) is 1. The number of hydrogen-bond donors (Lipinski definition) is 1. The summed E-state index contributed by atoms with van der Waals surface area (Å²) >= 11 is 11.5. The Kier molecular flexibility index (Phi) is 4.95. The monoisotopic (exact) mass is 359 g/mol. The lowest BCUT2D eigenvalue weighted by atomic mass is 10.2. The highest BCUT2D eigenvalue weighted by molar-refractivity contribution is 7.90. The van der Waals surface area contributed by atoms with Crippen molar-refractivity contribution in [3.05, 3.63) is 58.1 Å². The van der Waals surface area contributed by atoms with E-state index >= 15 is 0 Å². The van der Waals surface area contributed by atoms with Gasteiger partial charge < -0.3 is 4.74 Å². The Balaban J connectivity index is 2.32. The summed E-state index contributed by atoms with van der Waals surface area (Å²) in [6.45, 7) is 0. The van der Waals surface area contributed by atoms with E-state index in [2.05, 4.69) is 0 Å². The molecule has 2 aromatic rings. The standard InChI is InChI=1S/C14H11Cl2NO4S/c1-21-13-7-4-10(16)8-12(13)14(18)17-22(19,20)11-5-2-9(15)3-6-11/h2-8H,1H3,(H,17,18). The van der Waals surface area contributed by atoms with E-state index in [1.165, 1.54) is 49.6 Å². The van der Waals surface area contributed by atoms with E-state index in [9.17, 15) is 13.2 Å². The summed E-state index contributed by atoms with van der Waals surface area (Å²) in [5.41, 5.74) is 0.0209. The van der Waals surface area contributed by atoms with Crippen LogP contribution < -0.4 is 9.46 Å². The van der Waals surface area contributed by atoms with Gasteiger partial charge in [-0.3, -0.25) is 4.79 Å². The van der Waals surface area contributed by atoms with Crippen LogP contribution in [0.1, 0.15) is 10.4 Å². The van der Waals surface area contributed by atoms with E-state index in [4.69, 9.17) is 27.9 Å². The van der Waals surface area contributed by atoms with Crippen LogP contribution in [-0.2, 0) is 10.0 Å². The van der Waals surface area contributed by atoms with Crippen LogP contribution >= 0.6 is 23.2 Å². The maximum Gasteiger partial charge on any atom is 0.268 e. The van der Waals surface area contributed by atoms with Crippen molar-refractivity contribution in [1.29, 1.82) is 0 Å². The van der Waals surface area contributed by atoms with E-state index < -0.39 is 15.9 Å². The SMILES string of the molecule is COc1ccc(Cl)cc1C(=O)NS(=O)(=O)c1ccc(Cl)cc1. The zero-order valence-electron chi connectivity index (χ0n) is 11.3. The molecule has 0 saturated carbocycles. The lowest BCUT2D eigenvalue weighted by Gasteiger charge is -2.10. The van der Waals surface area contributed by atoms with Crippen LogP contribution in [0.2, 0.25) is 10.0 Å². The number of methoxy groups -OCH3 is 1. The topological polar surface area (TPSA) is 72.5 Å². The first-order valence-corrected chi connectivity index (χ1v) is 8.23. The fraction of sp³-hybridized carbons (Fsp3) is 0.0714. The molecule has 2 rings (SSSR count). The second kappa shape index (κ2) is 6.56. The second-order valence-electron chi connectivity index (χ2n) is 4.23. The third-order valence-electron chi connectivity index (χ3n) is 2.76. The molecule has 5 nitrogen and oxygen atoms in total. The fourth-order valence-electron chi connectivity index (χ4n) is 1.71. The molecule has 0 unspecified atom stereocenters. The van der Waals surface area contributed by atoms with Crippen molar-refractivity contribution in [2.75, 3.05) is 7.11 Å². The molecule has 1 N–H and O–H groups in total. The molecule has 0 aromatic heterocycles. The van der Waals surface area contributed by atoms with Crippen molar-refractivity contribution >= 4 is 39.1 Å². The molecule has 1 amide bonds. The minimum Gasteiger partial charge on any atom is -0.496 e. The predicted molar refractivity (Wildman–Crippen MR) is 84.1 cm³/mol. The predicted octanol–water partition coefficient (Wildman–Crippen LogP) is 3.12. The molecule has 0 aliphatic carbocycles. The minimum absolute atomic E-state index is 0.0209. The summed E-state index contributed by atoms with van der Waals surface area (Å²) in [7, 11) is -2.65. The molecule has 0 saturated heterocycles. The van der Waals surface area contributed by atoms with Crippen LogP contribution in [0.5, 0.6) is 5.75 Å². The van der Waals surface area contributed by atoms with E-state index in [1.54, 1.807) is 0 Å². The van der Waals surface area contributed by atoms with Gasteiger partial charge in [0.2, 0.25) is 0 Å². The number of nitrogens with one attached hydrogen (secondary N) is 1. The Labute approximate surface area is 137 Å². The maximum atomic E-state index is 12.2. The van der Waals surface area contributed by atoms with Gasteiger partial charge in [0.05, 0.1) is 17.6 Å². The molecule has 0 radical (unpaired) electrons. The molecule has 0 aliphatic heterocycles. The van der Waals surface area contributed by atoms with Gasteiger partial charge in [0.15, 0.2) is 0 Å². The molecule has 0 bridgehead atoms.